The molecule has 1 fully saturated rings. The van der Waals surface area contributed by atoms with Crippen LogP contribution in [0.25, 0.3) is 0 Å². The lowest BCUT2D eigenvalue weighted by atomic mass is 9.88. The highest BCUT2D eigenvalue weighted by molar-refractivity contribution is 5.32. The van der Waals surface area contributed by atoms with Gasteiger partial charge >= 0.3 is 0 Å². The highest BCUT2D eigenvalue weighted by Crippen LogP contribution is 2.29. The van der Waals surface area contributed by atoms with E-state index in [1.165, 1.54) is 5.56 Å². The molecule has 1 N–H and O–H groups in total. The van der Waals surface area contributed by atoms with E-state index >= 15 is 0 Å². The lowest BCUT2D eigenvalue weighted by Crippen LogP contribution is -2.41. The van der Waals surface area contributed by atoms with E-state index < -0.39 is 0 Å². The van der Waals surface area contributed by atoms with Crippen LogP contribution in [-0.2, 0) is 20.8 Å². The third kappa shape index (κ3) is 6.71. The van der Waals surface area contributed by atoms with Gasteiger partial charge in [0.25, 0.3) is 0 Å². The number of hydrogen-bond acceptors (Lipinski definition) is 6. The molecule has 0 aliphatic carbocycles. The van der Waals surface area contributed by atoms with E-state index in [1.54, 1.807) is 14.2 Å². The Hall–Kier alpha value is -2.12. The lowest BCUT2D eigenvalue weighted by molar-refractivity contribution is -0.0846. The minimum atomic E-state index is 0.130. The molecule has 6 nitrogen and oxygen atoms in total. The van der Waals surface area contributed by atoms with Crippen LogP contribution in [0.3, 0.4) is 0 Å². The summed E-state index contributed by atoms with van der Waals surface area (Å²) in [5.41, 5.74) is 2.34. The fourth-order valence-electron chi connectivity index (χ4n) is 3.71. The zero-order chi connectivity index (χ0) is 21.0. The number of ether oxygens (including phenoxy) is 5. The smallest absolute Gasteiger partial charge is 0.146 e. The van der Waals surface area contributed by atoms with E-state index in [4.69, 9.17) is 23.7 Å². The third-order valence-electron chi connectivity index (χ3n) is 5.29. The maximum Gasteiger partial charge on any atom is 0.146 e. The molecule has 2 atom stereocenters. The van der Waals surface area contributed by atoms with Gasteiger partial charge in [0, 0.05) is 31.6 Å². The summed E-state index contributed by atoms with van der Waals surface area (Å²) in [6.45, 7) is 3.98. The van der Waals surface area contributed by atoms with Crippen LogP contribution < -0.4 is 14.8 Å². The molecule has 2 aromatic rings. The summed E-state index contributed by atoms with van der Waals surface area (Å²) in [4.78, 5) is 0. The predicted octanol–water partition coefficient (Wildman–Crippen LogP) is 3.75. The van der Waals surface area contributed by atoms with Gasteiger partial charge in [-0.25, -0.2) is 0 Å². The summed E-state index contributed by atoms with van der Waals surface area (Å²) in [7, 11) is 3.33. The first-order valence-electron chi connectivity index (χ1n) is 10.6. The van der Waals surface area contributed by atoms with Crippen LogP contribution in [0.4, 0.5) is 0 Å². The topological polar surface area (TPSA) is 58.2 Å². The van der Waals surface area contributed by atoms with Gasteiger partial charge in [-0.2, -0.15) is 0 Å². The largest absolute Gasteiger partial charge is 0.496 e. The molecule has 1 saturated heterocycles. The molecule has 6 heteroatoms. The van der Waals surface area contributed by atoms with Crippen molar-refractivity contribution in [1.29, 1.82) is 0 Å². The Morgan fingerprint density at radius 1 is 1.00 bits per heavy atom. The molecule has 3 rings (SSSR count). The number of rotatable bonds is 12. The Bertz CT molecular complexity index is 737. The van der Waals surface area contributed by atoms with Gasteiger partial charge in [0.2, 0.25) is 0 Å². The molecule has 0 spiro atoms. The fourth-order valence-corrected chi connectivity index (χ4v) is 3.71. The molecule has 0 bridgehead atoms. The van der Waals surface area contributed by atoms with E-state index in [0.29, 0.717) is 32.5 Å². The number of nitrogens with one attached hydrogen (secondary N) is 1. The molecule has 0 saturated carbocycles. The van der Waals surface area contributed by atoms with E-state index in [0.717, 1.165) is 43.0 Å². The average molecular weight is 416 g/mol. The second kappa shape index (κ2) is 12.5. The van der Waals surface area contributed by atoms with Crippen molar-refractivity contribution in [2.45, 2.75) is 31.5 Å². The number of benzene rings is 2. The minimum absolute atomic E-state index is 0.130. The number of piperidine rings is 1. The van der Waals surface area contributed by atoms with Gasteiger partial charge in [0.1, 0.15) is 18.3 Å². The third-order valence-corrected chi connectivity index (χ3v) is 5.29. The van der Waals surface area contributed by atoms with E-state index in [9.17, 15) is 0 Å². The molecule has 0 radical (unpaired) electrons. The maximum absolute atomic E-state index is 5.87. The first kappa shape index (κ1) is 22.6. The van der Waals surface area contributed by atoms with Crippen LogP contribution in [0, 0.1) is 0 Å². The summed E-state index contributed by atoms with van der Waals surface area (Å²) in [6, 6.07) is 16.3. The van der Waals surface area contributed by atoms with Crippen molar-refractivity contribution in [1.82, 2.24) is 5.32 Å². The van der Waals surface area contributed by atoms with Gasteiger partial charge in [0.05, 0.1) is 33.0 Å². The van der Waals surface area contributed by atoms with Crippen LogP contribution in [-0.4, -0.2) is 53.4 Å². The molecule has 2 aromatic carbocycles. The van der Waals surface area contributed by atoms with Crippen molar-refractivity contribution in [3.8, 4) is 11.5 Å². The summed E-state index contributed by atoms with van der Waals surface area (Å²) in [5.74, 6) is 2.11. The van der Waals surface area contributed by atoms with Crippen molar-refractivity contribution in [3.63, 3.8) is 0 Å². The molecule has 0 amide bonds. The van der Waals surface area contributed by atoms with Crippen LogP contribution in [0.1, 0.15) is 29.9 Å². The molecule has 164 valence electrons. The monoisotopic (exact) mass is 415 g/mol. The Balaban J connectivity index is 1.38. The molecular weight excluding hydrogens is 382 g/mol. The summed E-state index contributed by atoms with van der Waals surface area (Å²) in [6.07, 6.45) is 2.02. The van der Waals surface area contributed by atoms with Crippen molar-refractivity contribution in [2.24, 2.45) is 0 Å². The van der Waals surface area contributed by atoms with Gasteiger partial charge in [-0.3, -0.25) is 0 Å². The molecule has 0 unspecified atom stereocenters. The van der Waals surface area contributed by atoms with E-state index in [1.807, 2.05) is 36.4 Å². The quantitative estimate of drug-likeness (QED) is 0.421. The average Bonchev–Trinajstić information content (AvgIpc) is 2.81. The Kier molecular flexibility index (Phi) is 9.44. The normalized spacial score (nSPS) is 18.9. The van der Waals surface area contributed by atoms with Crippen LogP contribution in [0.2, 0.25) is 0 Å². The number of methoxy groups -OCH3 is 2. The highest BCUT2D eigenvalue weighted by atomic mass is 16.7. The SMILES string of the molecule is COCO[C@@H]1CNCC[C@H]1c1ccc(OCCCOCc2ccccc2OC)cc1. The second-order valence-corrected chi connectivity index (χ2v) is 7.35. The lowest BCUT2D eigenvalue weighted by Gasteiger charge is -2.32. The van der Waals surface area contributed by atoms with Gasteiger partial charge in [-0.05, 0) is 36.7 Å². The Morgan fingerprint density at radius 3 is 2.63 bits per heavy atom. The molecule has 1 aliphatic rings. The summed E-state index contributed by atoms with van der Waals surface area (Å²) >= 11 is 0. The molecule has 1 aliphatic heterocycles. The zero-order valence-corrected chi connectivity index (χ0v) is 18.0. The van der Waals surface area contributed by atoms with E-state index in [-0.39, 0.29) is 6.10 Å². The van der Waals surface area contributed by atoms with Crippen LogP contribution in [0.15, 0.2) is 48.5 Å². The van der Waals surface area contributed by atoms with Crippen LogP contribution in [0.5, 0.6) is 11.5 Å². The van der Waals surface area contributed by atoms with Crippen LogP contribution >= 0.6 is 0 Å². The highest BCUT2D eigenvalue weighted by Gasteiger charge is 2.27. The Morgan fingerprint density at radius 2 is 1.83 bits per heavy atom. The maximum atomic E-state index is 5.87. The zero-order valence-electron chi connectivity index (χ0n) is 18.0. The summed E-state index contributed by atoms with van der Waals surface area (Å²) in [5, 5.41) is 3.39. The van der Waals surface area contributed by atoms with Gasteiger partial charge < -0.3 is 29.0 Å². The Labute approximate surface area is 179 Å². The molecule has 1 heterocycles. The van der Waals surface area contributed by atoms with Crippen molar-refractivity contribution >= 4 is 0 Å². The minimum Gasteiger partial charge on any atom is -0.496 e. The fraction of sp³-hybridized carbons (Fsp3) is 0.500. The van der Waals surface area contributed by atoms with E-state index in [2.05, 4.69) is 17.4 Å². The first-order valence-corrected chi connectivity index (χ1v) is 10.6. The number of para-hydroxylation sites is 1. The van der Waals surface area contributed by atoms with Crippen molar-refractivity contribution in [2.75, 3.05) is 47.3 Å². The molecule has 30 heavy (non-hydrogen) atoms. The molecule has 0 aromatic heterocycles. The number of hydrogen-bond donors (Lipinski definition) is 1. The van der Waals surface area contributed by atoms with Gasteiger partial charge in [-0.15, -0.1) is 0 Å². The second-order valence-electron chi connectivity index (χ2n) is 7.35. The van der Waals surface area contributed by atoms with Crippen molar-refractivity contribution in [3.05, 3.63) is 59.7 Å². The van der Waals surface area contributed by atoms with Gasteiger partial charge in [0.15, 0.2) is 0 Å². The van der Waals surface area contributed by atoms with Gasteiger partial charge in [-0.1, -0.05) is 30.3 Å². The standard InChI is InChI=1S/C24H33NO5/c1-26-18-30-24-16-25-13-12-22(24)19-8-10-21(11-9-19)29-15-5-14-28-17-20-6-3-4-7-23(20)27-2/h3-4,6-11,22,24-25H,5,12-18H2,1-2H3/t22-,24+/m0/s1. The first-order chi connectivity index (χ1) is 14.8. The summed E-state index contributed by atoms with van der Waals surface area (Å²) < 4.78 is 27.9. The predicted molar refractivity (Wildman–Crippen MR) is 116 cm³/mol. The van der Waals surface area contributed by atoms with Crippen molar-refractivity contribution < 1.29 is 23.7 Å². The molecular formula is C24H33NO5.